The molecule has 8 heteroatoms. The zero-order valence-electron chi connectivity index (χ0n) is 18.5. The SMILES string of the molecule is CCCCCCCC/C=C\CCCCCCCC(=O)OC[C@@H]1CO[P+]([O-])(O)O1.[NH4+]. The number of hydrogen-bond acceptors (Lipinski definition) is 6. The number of phosphoric acid groups is 1. The Morgan fingerprint density at radius 3 is 2.14 bits per heavy atom. The van der Waals surface area contributed by atoms with E-state index in [1.807, 2.05) is 0 Å². The average Bonchev–Trinajstić information content (AvgIpc) is 3.02. The summed E-state index contributed by atoms with van der Waals surface area (Å²) in [5.74, 6) is -0.291. The largest absolute Gasteiger partial charge is 0.606 e. The van der Waals surface area contributed by atoms with Crippen LogP contribution < -0.4 is 11.0 Å². The summed E-state index contributed by atoms with van der Waals surface area (Å²) in [6.45, 7) is 2.20. The predicted molar refractivity (Wildman–Crippen MR) is 116 cm³/mol. The Morgan fingerprint density at radius 1 is 1.03 bits per heavy atom. The van der Waals surface area contributed by atoms with Crippen LogP contribution in [0, 0.1) is 0 Å². The predicted octanol–water partition coefficient (Wildman–Crippen LogP) is 5.39. The molecule has 7 nitrogen and oxygen atoms in total. The molecule has 0 radical (unpaired) electrons. The van der Waals surface area contributed by atoms with Crippen molar-refractivity contribution in [1.82, 2.24) is 6.15 Å². The summed E-state index contributed by atoms with van der Waals surface area (Å²) >= 11 is 0. The van der Waals surface area contributed by atoms with Gasteiger partial charge in [-0.05, 0) is 32.1 Å². The maximum Gasteiger partial charge on any atom is 0.377 e. The number of hydrogen-bond donors (Lipinski definition) is 2. The average molecular weight is 437 g/mol. The number of carbonyl (C=O) groups is 1. The quantitative estimate of drug-likeness (QED) is 0.136. The lowest BCUT2D eigenvalue weighted by Gasteiger charge is -2.12. The van der Waals surface area contributed by atoms with E-state index in [9.17, 15) is 9.69 Å². The highest BCUT2D eigenvalue weighted by molar-refractivity contribution is 7.53. The number of esters is 1. The van der Waals surface area contributed by atoms with Crippen LogP contribution in [0.4, 0.5) is 0 Å². The zero-order valence-corrected chi connectivity index (χ0v) is 19.4. The lowest BCUT2D eigenvalue weighted by molar-refractivity contribution is -0.232. The van der Waals surface area contributed by atoms with Gasteiger partial charge in [-0.3, -0.25) is 4.79 Å². The van der Waals surface area contributed by atoms with E-state index in [1.54, 1.807) is 0 Å². The van der Waals surface area contributed by atoms with Gasteiger partial charge in [-0.2, -0.15) is 13.9 Å². The van der Waals surface area contributed by atoms with Crippen LogP contribution in [0.2, 0.25) is 0 Å². The molecule has 1 fully saturated rings. The van der Waals surface area contributed by atoms with Gasteiger partial charge in [-0.25, -0.2) is 0 Å². The smallest absolute Gasteiger partial charge is 0.377 e. The molecule has 0 aliphatic carbocycles. The molecule has 172 valence electrons. The molecule has 1 aliphatic heterocycles. The molecule has 1 rings (SSSR count). The highest BCUT2D eigenvalue weighted by Crippen LogP contribution is 2.53. The molecule has 1 heterocycles. The number of carbonyl (C=O) groups excluding carboxylic acids is 1. The fourth-order valence-corrected chi connectivity index (χ4v) is 4.02. The van der Waals surface area contributed by atoms with E-state index in [4.69, 9.17) is 14.2 Å². The van der Waals surface area contributed by atoms with Crippen LogP contribution in [-0.4, -0.2) is 30.2 Å². The van der Waals surface area contributed by atoms with E-state index >= 15 is 0 Å². The van der Waals surface area contributed by atoms with Crippen molar-refractivity contribution in [3.8, 4) is 0 Å². The van der Waals surface area contributed by atoms with E-state index in [2.05, 4.69) is 23.6 Å². The number of unbranched alkanes of at least 4 members (excludes halogenated alkanes) is 11. The standard InChI is InChI=1S/C21H39O6P.H3N/c1-2-3-4-5-6-7-8-9-10-11-12-13-14-15-16-17-21(22)25-18-20-19-26-28(23,24)27-20;/h9-10,20H,2-8,11-19H2,1H3,(H,23,24);1H3/p+1/b10-9-;/t20-;/m1./s1. The van der Waals surface area contributed by atoms with Crippen molar-refractivity contribution >= 4 is 14.1 Å². The first-order valence-electron chi connectivity index (χ1n) is 11.0. The van der Waals surface area contributed by atoms with E-state index in [0.717, 1.165) is 25.7 Å². The number of quaternary nitrogens is 1. The van der Waals surface area contributed by atoms with Crippen LogP contribution in [0.3, 0.4) is 0 Å². The first kappa shape index (κ1) is 28.4. The lowest BCUT2D eigenvalue weighted by Crippen LogP contribution is -2.21. The lowest BCUT2D eigenvalue weighted by atomic mass is 10.1. The molecule has 0 aromatic rings. The van der Waals surface area contributed by atoms with Gasteiger partial charge in [0.05, 0.1) is 0 Å². The van der Waals surface area contributed by atoms with E-state index < -0.39 is 14.3 Å². The van der Waals surface area contributed by atoms with Gasteiger partial charge in [-0.15, -0.1) is 0 Å². The van der Waals surface area contributed by atoms with Crippen LogP contribution in [0.5, 0.6) is 0 Å². The van der Waals surface area contributed by atoms with Crippen molar-refractivity contribution in [3.63, 3.8) is 0 Å². The van der Waals surface area contributed by atoms with Crippen LogP contribution in [0.15, 0.2) is 12.2 Å². The molecule has 1 aliphatic rings. The second kappa shape index (κ2) is 18.2. The van der Waals surface area contributed by atoms with Gasteiger partial charge in [0.2, 0.25) is 0 Å². The Labute approximate surface area is 177 Å². The minimum Gasteiger partial charge on any atom is -0.606 e. The van der Waals surface area contributed by atoms with Crippen molar-refractivity contribution in [3.05, 3.63) is 12.2 Å². The summed E-state index contributed by atoms with van der Waals surface area (Å²) in [6.07, 6.45) is 20.2. The number of phosphoric ester groups is 1. The van der Waals surface area contributed by atoms with Gasteiger partial charge in [0.1, 0.15) is 13.2 Å². The van der Waals surface area contributed by atoms with Crippen LogP contribution in [0.25, 0.3) is 0 Å². The van der Waals surface area contributed by atoms with Crippen molar-refractivity contribution in [2.45, 2.75) is 103 Å². The maximum atomic E-state index is 11.6. The molecule has 5 N–H and O–H groups in total. The maximum absolute atomic E-state index is 11.6. The molecule has 29 heavy (non-hydrogen) atoms. The Morgan fingerprint density at radius 2 is 1.59 bits per heavy atom. The van der Waals surface area contributed by atoms with Gasteiger partial charge in [0.15, 0.2) is 6.10 Å². The first-order valence-corrected chi connectivity index (χ1v) is 12.5. The fraction of sp³-hybridized carbons (Fsp3) is 0.857. The summed E-state index contributed by atoms with van der Waals surface area (Å²) < 4.78 is 14.4. The highest BCUT2D eigenvalue weighted by Gasteiger charge is 2.41. The van der Waals surface area contributed by atoms with Gasteiger partial charge >= 0.3 is 14.1 Å². The van der Waals surface area contributed by atoms with Crippen molar-refractivity contribution in [2.75, 3.05) is 13.2 Å². The number of rotatable bonds is 17. The Kier molecular flexibility index (Phi) is 17.9. The van der Waals surface area contributed by atoms with Gasteiger partial charge < -0.3 is 15.8 Å². The molecule has 0 bridgehead atoms. The first-order chi connectivity index (χ1) is 13.5. The molecule has 1 unspecified atom stereocenters. The minimum atomic E-state index is -3.91. The summed E-state index contributed by atoms with van der Waals surface area (Å²) in [5.41, 5.74) is 0. The summed E-state index contributed by atoms with van der Waals surface area (Å²) in [4.78, 5) is 31.7. The van der Waals surface area contributed by atoms with Crippen LogP contribution in [-0.2, 0) is 18.6 Å². The van der Waals surface area contributed by atoms with Crippen molar-refractivity contribution in [2.24, 2.45) is 0 Å². The Hall–Kier alpha value is -0.560. The zero-order chi connectivity index (χ0) is 20.5. The molecule has 2 atom stereocenters. The molecule has 0 amide bonds. The second-order valence-electron chi connectivity index (χ2n) is 7.51. The molecular formula is C21H43NO6P+. The van der Waals surface area contributed by atoms with Gasteiger partial charge in [0.25, 0.3) is 0 Å². The van der Waals surface area contributed by atoms with Crippen molar-refractivity contribution < 1.29 is 28.4 Å². The molecule has 0 aromatic heterocycles. The Balaban J connectivity index is 0.00000784. The van der Waals surface area contributed by atoms with Crippen LogP contribution >= 0.6 is 8.17 Å². The van der Waals surface area contributed by atoms with Gasteiger partial charge in [0, 0.05) is 6.42 Å². The summed E-state index contributed by atoms with van der Waals surface area (Å²) in [6, 6.07) is 0. The summed E-state index contributed by atoms with van der Waals surface area (Å²) in [5, 5.41) is 0. The van der Waals surface area contributed by atoms with Crippen molar-refractivity contribution in [1.29, 1.82) is 0 Å². The number of ether oxygens (including phenoxy) is 1. The highest BCUT2D eigenvalue weighted by atomic mass is 31.2. The Bertz CT molecular complexity index is 433. The molecular weight excluding hydrogens is 393 g/mol. The van der Waals surface area contributed by atoms with E-state index in [0.29, 0.717) is 6.42 Å². The third kappa shape index (κ3) is 16.9. The summed E-state index contributed by atoms with van der Waals surface area (Å²) in [7, 11) is -3.91. The minimum absolute atomic E-state index is 0. The molecule has 0 aromatic carbocycles. The van der Waals surface area contributed by atoms with Gasteiger partial charge in [-0.1, -0.05) is 70.4 Å². The van der Waals surface area contributed by atoms with E-state index in [1.165, 1.54) is 57.8 Å². The third-order valence-electron chi connectivity index (χ3n) is 4.78. The normalized spacial score (nSPS) is 21.4. The molecule has 1 saturated heterocycles. The number of allylic oxidation sites excluding steroid dienone is 2. The fourth-order valence-electron chi connectivity index (χ4n) is 3.10. The van der Waals surface area contributed by atoms with Crippen LogP contribution in [0.1, 0.15) is 96.8 Å². The molecule has 0 spiro atoms. The third-order valence-corrected chi connectivity index (χ3v) is 5.82. The monoisotopic (exact) mass is 436 g/mol. The second-order valence-corrected chi connectivity index (χ2v) is 8.92. The van der Waals surface area contributed by atoms with E-state index in [-0.39, 0.29) is 25.3 Å². The molecule has 0 saturated carbocycles. The topological polar surface area (TPSA) is 125 Å².